The lowest BCUT2D eigenvalue weighted by molar-refractivity contribution is 0.0955. The number of halogens is 1. The van der Waals surface area contributed by atoms with Crippen molar-refractivity contribution in [3.63, 3.8) is 0 Å². The van der Waals surface area contributed by atoms with Gasteiger partial charge in [0.2, 0.25) is 0 Å². The topological polar surface area (TPSA) is 81.9 Å². The third kappa shape index (κ3) is 5.22. The van der Waals surface area contributed by atoms with E-state index < -0.39 is 12.0 Å². The number of aliphatic hydroxyl groups is 1. The molecule has 6 heteroatoms. The normalized spacial score (nSPS) is 12.6. The van der Waals surface area contributed by atoms with E-state index in [0.29, 0.717) is 5.56 Å². The molecule has 0 heterocycles. The summed E-state index contributed by atoms with van der Waals surface area (Å²) >= 11 is 5.76. The van der Waals surface area contributed by atoms with Gasteiger partial charge in [0.15, 0.2) is 0 Å². The van der Waals surface area contributed by atoms with Crippen LogP contribution in [0.1, 0.15) is 28.4 Å². The zero-order valence-electron chi connectivity index (χ0n) is 13.0. The molecule has 0 radical (unpaired) electrons. The van der Waals surface area contributed by atoms with Gasteiger partial charge in [-0.3, -0.25) is 4.79 Å². The largest absolute Gasteiger partial charge is 0.506 e. The molecule has 5 nitrogen and oxygen atoms in total. The third-order valence-corrected chi connectivity index (χ3v) is 3.37. The number of nitrogens with one attached hydrogen (secondary N) is 1. The summed E-state index contributed by atoms with van der Waals surface area (Å²) < 4.78 is 0. The highest BCUT2D eigenvalue weighted by molar-refractivity contribution is 6.32. The molecule has 0 aromatic heterocycles. The monoisotopic (exact) mass is 344 g/mol. The number of amides is 1. The number of carbonyl (C=O) groups is 1. The van der Waals surface area contributed by atoms with Crippen LogP contribution in [0.4, 0.5) is 0 Å². The summed E-state index contributed by atoms with van der Waals surface area (Å²) in [6, 6.07) is 11.6. The summed E-state index contributed by atoms with van der Waals surface area (Å²) in [5.41, 5.74) is 4.40. The van der Waals surface area contributed by atoms with E-state index >= 15 is 0 Å². The number of aromatic hydroxyl groups is 1. The van der Waals surface area contributed by atoms with E-state index in [2.05, 4.69) is 10.5 Å². The molecule has 0 aliphatic heterocycles. The maximum atomic E-state index is 11.9. The lowest BCUT2D eigenvalue weighted by atomic mass is 10.1. The van der Waals surface area contributed by atoms with E-state index in [1.165, 1.54) is 24.4 Å². The predicted octanol–water partition coefficient (Wildman–Crippen LogP) is 3.20. The van der Waals surface area contributed by atoms with Gasteiger partial charge in [0.1, 0.15) is 5.75 Å². The number of hydrogen-bond acceptors (Lipinski definition) is 4. The molecule has 2 aromatic carbocycles. The summed E-state index contributed by atoms with van der Waals surface area (Å²) in [5, 5.41) is 22.6. The number of phenols is 1. The zero-order chi connectivity index (χ0) is 17.5. The van der Waals surface area contributed by atoms with E-state index in [1.54, 1.807) is 19.1 Å². The van der Waals surface area contributed by atoms with Gasteiger partial charge < -0.3 is 10.2 Å². The van der Waals surface area contributed by atoms with Crippen LogP contribution in [-0.4, -0.2) is 28.4 Å². The molecule has 0 saturated carbocycles. The van der Waals surface area contributed by atoms with Crippen LogP contribution in [0.2, 0.25) is 5.02 Å². The summed E-state index contributed by atoms with van der Waals surface area (Å²) in [5.74, 6) is -0.517. The number of hydrogen-bond donors (Lipinski definition) is 3. The minimum Gasteiger partial charge on any atom is -0.506 e. The summed E-state index contributed by atoms with van der Waals surface area (Å²) in [6.45, 7) is 1.67. The van der Waals surface area contributed by atoms with Gasteiger partial charge in [-0.05, 0) is 42.3 Å². The van der Waals surface area contributed by atoms with Gasteiger partial charge in [0.25, 0.3) is 5.91 Å². The molecule has 2 rings (SSSR count). The highest BCUT2D eigenvalue weighted by atomic mass is 35.5. The van der Waals surface area contributed by atoms with Crippen molar-refractivity contribution in [1.29, 1.82) is 0 Å². The van der Waals surface area contributed by atoms with Crippen molar-refractivity contribution in [3.05, 3.63) is 70.3 Å². The molecule has 0 bridgehead atoms. The quantitative estimate of drug-likeness (QED) is 0.575. The van der Waals surface area contributed by atoms with Crippen molar-refractivity contribution in [2.75, 3.05) is 0 Å². The Hall–Kier alpha value is -2.63. The molecular weight excluding hydrogens is 328 g/mol. The molecule has 124 valence electrons. The van der Waals surface area contributed by atoms with E-state index in [1.807, 2.05) is 24.3 Å². The van der Waals surface area contributed by atoms with Crippen LogP contribution in [0, 0.1) is 0 Å². The average molecular weight is 345 g/mol. The Balaban J connectivity index is 2.02. The second-order valence-electron chi connectivity index (χ2n) is 5.14. The second kappa shape index (κ2) is 8.29. The Bertz CT molecular complexity index is 786. The fraction of sp³-hybridized carbons (Fsp3) is 0.111. The van der Waals surface area contributed by atoms with Crippen molar-refractivity contribution in [1.82, 2.24) is 5.43 Å². The van der Waals surface area contributed by atoms with Gasteiger partial charge in [-0.1, -0.05) is 42.0 Å². The van der Waals surface area contributed by atoms with Crippen molar-refractivity contribution in [2.45, 2.75) is 13.0 Å². The lowest BCUT2D eigenvalue weighted by Crippen LogP contribution is -2.17. The molecule has 0 aliphatic rings. The number of hydrazone groups is 1. The van der Waals surface area contributed by atoms with Gasteiger partial charge in [-0.15, -0.1) is 0 Å². The van der Waals surface area contributed by atoms with Crippen LogP contribution < -0.4 is 5.43 Å². The maximum Gasteiger partial charge on any atom is 0.271 e. The Kier molecular flexibility index (Phi) is 6.12. The van der Waals surface area contributed by atoms with E-state index in [-0.39, 0.29) is 10.8 Å². The maximum absolute atomic E-state index is 11.9. The van der Waals surface area contributed by atoms with Crippen molar-refractivity contribution in [3.8, 4) is 5.75 Å². The molecule has 2 aromatic rings. The van der Waals surface area contributed by atoms with Crippen LogP contribution in [0.25, 0.3) is 6.08 Å². The Morgan fingerprint density at radius 1 is 1.25 bits per heavy atom. The fourth-order valence-electron chi connectivity index (χ4n) is 1.87. The van der Waals surface area contributed by atoms with Crippen LogP contribution in [0.15, 0.2) is 53.6 Å². The number of nitrogens with zero attached hydrogens (tertiary/aromatic N) is 1. The van der Waals surface area contributed by atoms with Crippen molar-refractivity contribution >= 4 is 29.8 Å². The third-order valence-electron chi connectivity index (χ3n) is 3.07. The average Bonchev–Trinajstić information content (AvgIpc) is 2.56. The summed E-state index contributed by atoms with van der Waals surface area (Å²) in [7, 11) is 0. The fourth-order valence-corrected chi connectivity index (χ4v) is 2.05. The van der Waals surface area contributed by atoms with Crippen LogP contribution in [0.5, 0.6) is 5.75 Å². The SMILES string of the molecule is CC(O)C=Cc1cccc(C=NNC(=O)c2ccc(O)c(Cl)c2)c1. The first-order valence-electron chi connectivity index (χ1n) is 7.24. The van der Waals surface area contributed by atoms with Gasteiger partial charge >= 0.3 is 0 Å². The number of phenolic OH excluding ortho intramolecular Hbond substituents is 1. The summed E-state index contributed by atoms with van der Waals surface area (Å²) in [4.78, 5) is 11.9. The molecule has 1 unspecified atom stereocenters. The van der Waals surface area contributed by atoms with Crippen molar-refractivity contribution in [2.24, 2.45) is 5.10 Å². The van der Waals surface area contributed by atoms with Gasteiger partial charge in [-0.2, -0.15) is 5.10 Å². The first kappa shape index (κ1) is 17.7. The second-order valence-corrected chi connectivity index (χ2v) is 5.54. The number of rotatable bonds is 5. The van der Waals surface area contributed by atoms with Crippen LogP contribution in [0.3, 0.4) is 0 Å². The summed E-state index contributed by atoms with van der Waals surface area (Å²) in [6.07, 6.45) is 4.48. The number of carbonyl (C=O) groups excluding carboxylic acids is 1. The molecular formula is C18H17ClN2O3. The lowest BCUT2D eigenvalue weighted by Gasteiger charge is -2.02. The highest BCUT2D eigenvalue weighted by Gasteiger charge is 2.07. The standard InChI is InChI=1S/C18H17ClN2O3/c1-12(22)5-6-13-3-2-4-14(9-13)11-20-21-18(24)15-7-8-17(23)16(19)10-15/h2-12,22-23H,1H3,(H,21,24). The van der Waals surface area contributed by atoms with E-state index in [9.17, 15) is 15.0 Å². The molecule has 0 aliphatic carbocycles. The van der Waals surface area contributed by atoms with Crippen LogP contribution >= 0.6 is 11.6 Å². The minimum absolute atomic E-state index is 0.0845. The number of benzene rings is 2. The molecule has 1 atom stereocenters. The van der Waals surface area contributed by atoms with E-state index in [4.69, 9.17) is 11.6 Å². The van der Waals surface area contributed by atoms with Crippen molar-refractivity contribution < 1.29 is 15.0 Å². The Morgan fingerprint density at radius 2 is 2.00 bits per heavy atom. The predicted molar refractivity (Wildman–Crippen MR) is 95.3 cm³/mol. The molecule has 3 N–H and O–H groups in total. The van der Waals surface area contributed by atoms with Crippen LogP contribution in [-0.2, 0) is 0 Å². The smallest absolute Gasteiger partial charge is 0.271 e. The van der Waals surface area contributed by atoms with Gasteiger partial charge in [-0.25, -0.2) is 5.43 Å². The number of aliphatic hydroxyl groups excluding tert-OH is 1. The molecule has 0 spiro atoms. The van der Waals surface area contributed by atoms with E-state index in [0.717, 1.165) is 11.1 Å². The molecule has 0 saturated heterocycles. The van der Waals surface area contributed by atoms with Gasteiger partial charge in [0, 0.05) is 5.56 Å². The Labute approximate surface area is 144 Å². The minimum atomic E-state index is -0.515. The highest BCUT2D eigenvalue weighted by Crippen LogP contribution is 2.23. The first-order chi connectivity index (χ1) is 11.5. The first-order valence-corrected chi connectivity index (χ1v) is 7.62. The molecule has 0 fully saturated rings. The molecule has 24 heavy (non-hydrogen) atoms. The molecule has 1 amide bonds. The zero-order valence-corrected chi connectivity index (χ0v) is 13.7. The Morgan fingerprint density at radius 3 is 2.71 bits per heavy atom. The van der Waals surface area contributed by atoms with Gasteiger partial charge in [0.05, 0.1) is 17.3 Å².